The highest BCUT2D eigenvalue weighted by molar-refractivity contribution is 6.32. The Hall–Kier alpha value is -1.82. The maximum atomic E-state index is 12.1. The van der Waals surface area contributed by atoms with Crippen molar-refractivity contribution < 1.29 is 0 Å². The van der Waals surface area contributed by atoms with Crippen molar-refractivity contribution in [1.82, 2.24) is 14.4 Å². The normalized spacial score (nSPS) is 16.0. The first kappa shape index (κ1) is 19.0. The van der Waals surface area contributed by atoms with Gasteiger partial charge in [-0.15, -0.1) is 0 Å². The topological polar surface area (TPSA) is 40.5 Å². The Kier molecular flexibility index (Phi) is 6.35. The van der Waals surface area contributed by atoms with Crippen molar-refractivity contribution in [3.8, 4) is 5.69 Å². The lowest BCUT2D eigenvalue weighted by Gasteiger charge is -2.32. The van der Waals surface area contributed by atoms with Crippen molar-refractivity contribution in [2.75, 3.05) is 51.6 Å². The summed E-state index contributed by atoms with van der Waals surface area (Å²) in [5, 5.41) is 4.00. The molecule has 1 saturated heterocycles. The summed E-state index contributed by atoms with van der Waals surface area (Å²) in [5.74, 6) is 0. The van der Waals surface area contributed by atoms with E-state index in [0.29, 0.717) is 10.7 Å². The number of aromatic nitrogens is 1. The number of aryl methyl sites for hydroxylation is 1. The number of halogens is 1. The largest absolute Gasteiger partial charge is 0.385 e. The second kappa shape index (κ2) is 8.71. The van der Waals surface area contributed by atoms with Gasteiger partial charge in [0.15, 0.2) is 0 Å². The van der Waals surface area contributed by atoms with Crippen LogP contribution in [0.25, 0.3) is 5.69 Å². The minimum Gasteiger partial charge on any atom is -0.385 e. The molecular weight excluding hydrogens is 348 g/mol. The zero-order chi connectivity index (χ0) is 18.5. The van der Waals surface area contributed by atoms with Gasteiger partial charge in [0.25, 0.3) is 5.56 Å². The standard InChI is InChI=1S/C20H27ClN4O/c1-16-4-7-20(26)25(15-16)19-6-5-17(14-18(19)21)22-8-3-9-24-12-10-23(2)11-13-24/h4-7,14-15,22H,3,8-13H2,1-2H3. The van der Waals surface area contributed by atoms with Crippen molar-refractivity contribution in [3.63, 3.8) is 0 Å². The lowest BCUT2D eigenvalue weighted by Crippen LogP contribution is -2.44. The molecule has 2 aromatic rings. The van der Waals surface area contributed by atoms with Gasteiger partial charge in [-0.2, -0.15) is 0 Å². The van der Waals surface area contributed by atoms with Gasteiger partial charge in [-0.25, -0.2) is 0 Å². The Labute approximate surface area is 160 Å². The molecule has 0 atom stereocenters. The van der Waals surface area contributed by atoms with Crippen LogP contribution in [0.2, 0.25) is 5.02 Å². The number of pyridine rings is 1. The van der Waals surface area contributed by atoms with Crippen LogP contribution in [0.3, 0.4) is 0 Å². The number of nitrogens with one attached hydrogen (secondary N) is 1. The van der Waals surface area contributed by atoms with E-state index >= 15 is 0 Å². The minimum atomic E-state index is -0.0783. The molecule has 1 aromatic heterocycles. The third-order valence-corrected chi connectivity index (χ3v) is 5.15. The summed E-state index contributed by atoms with van der Waals surface area (Å²) in [5.41, 5.74) is 2.64. The van der Waals surface area contributed by atoms with Crippen molar-refractivity contribution >= 4 is 17.3 Å². The van der Waals surface area contributed by atoms with E-state index < -0.39 is 0 Å². The van der Waals surface area contributed by atoms with Crippen LogP contribution in [-0.4, -0.2) is 60.7 Å². The summed E-state index contributed by atoms with van der Waals surface area (Å²) in [7, 11) is 2.18. The zero-order valence-electron chi connectivity index (χ0n) is 15.5. The van der Waals surface area contributed by atoms with Gasteiger partial charge in [0, 0.05) is 50.7 Å². The molecule has 0 unspecified atom stereocenters. The van der Waals surface area contributed by atoms with E-state index in [1.54, 1.807) is 10.6 Å². The second-order valence-corrected chi connectivity index (χ2v) is 7.41. The summed E-state index contributed by atoms with van der Waals surface area (Å²) < 4.78 is 1.59. The van der Waals surface area contributed by atoms with E-state index in [0.717, 1.165) is 56.9 Å². The molecule has 1 fully saturated rings. The second-order valence-electron chi connectivity index (χ2n) is 7.01. The SMILES string of the molecule is Cc1ccc(=O)n(-c2ccc(NCCCN3CCN(C)CC3)cc2Cl)c1. The number of rotatable bonds is 6. The van der Waals surface area contributed by atoms with Gasteiger partial charge in [0.1, 0.15) is 0 Å². The number of hydrogen-bond acceptors (Lipinski definition) is 4. The Bertz CT molecular complexity index is 797. The maximum Gasteiger partial charge on any atom is 0.255 e. The predicted molar refractivity (Wildman–Crippen MR) is 109 cm³/mol. The molecule has 0 bridgehead atoms. The number of nitrogens with zero attached hydrogens (tertiary/aromatic N) is 3. The summed E-state index contributed by atoms with van der Waals surface area (Å²) in [6, 6.07) is 9.14. The first-order valence-electron chi connectivity index (χ1n) is 9.17. The molecule has 0 aliphatic carbocycles. The van der Waals surface area contributed by atoms with E-state index in [1.807, 2.05) is 37.4 Å². The quantitative estimate of drug-likeness (QED) is 0.789. The molecule has 5 nitrogen and oxygen atoms in total. The fourth-order valence-corrected chi connectivity index (χ4v) is 3.47. The van der Waals surface area contributed by atoms with E-state index in [-0.39, 0.29) is 5.56 Å². The van der Waals surface area contributed by atoms with Gasteiger partial charge < -0.3 is 15.1 Å². The van der Waals surface area contributed by atoms with Gasteiger partial charge in [-0.3, -0.25) is 9.36 Å². The molecule has 0 saturated carbocycles. The lowest BCUT2D eigenvalue weighted by molar-refractivity contribution is 0.154. The third kappa shape index (κ3) is 4.87. The molecule has 1 aromatic carbocycles. The number of benzene rings is 1. The Balaban J connectivity index is 1.54. The minimum absolute atomic E-state index is 0.0783. The molecule has 1 aliphatic heterocycles. The summed E-state index contributed by atoms with van der Waals surface area (Å²) in [6.07, 6.45) is 2.91. The number of likely N-dealkylation sites (N-methyl/N-ethyl adjacent to an activating group) is 1. The number of anilines is 1. The van der Waals surface area contributed by atoms with E-state index in [1.165, 1.54) is 0 Å². The molecule has 0 radical (unpaired) electrons. The molecule has 3 rings (SSSR count). The highest BCUT2D eigenvalue weighted by Crippen LogP contribution is 2.23. The average molecular weight is 375 g/mol. The fraction of sp³-hybridized carbons (Fsp3) is 0.450. The van der Waals surface area contributed by atoms with Crippen molar-refractivity contribution in [2.24, 2.45) is 0 Å². The third-order valence-electron chi connectivity index (χ3n) is 4.84. The first-order valence-corrected chi connectivity index (χ1v) is 9.55. The highest BCUT2D eigenvalue weighted by atomic mass is 35.5. The van der Waals surface area contributed by atoms with Crippen LogP contribution in [0.4, 0.5) is 5.69 Å². The van der Waals surface area contributed by atoms with E-state index in [2.05, 4.69) is 22.2 Å². The smallest absolute Gasteiger partial charge is 0.255 e. The van der Waals surface area contributed by atoms with Crippen LogP contribution >= 0.6 is 11.6 Å². The molecular formula is C20H27ClN4O. The van der Waals surface area contributed by atoms with E-state index in [9.17, 15) is 4.79 Å². The predicted octanol–water partition coefficient (Wildman–Crippen LogP) is 2.85. The Morgan fingerprint density at radius 2 is 1.88 bits per heavy atom. The van der Waals surface area contributed by atoms with Crippen LogP contribution in [0.5, 0.6) is 0 Å². The maximum absolute atomic E-state index is 12.1. The average Bonchev–Trinajstić information content (AvgIpc) is 2.63. The first-order chi connectivity index (χ1) is 12.5. The zero-order valence-corrected chi connectivity index (χ0v) is 16.3. The van der Waals surface area contributed by atoms with Gasteiger partial charge in [0.05, 0.1) is 10.7 Å². The van der Waals surface area contributed by atoms with Crippen LogP contribution in [0, 0.1) is 6.92 Å². The molecule has 2 heterocycles. The Morgan fingerprint density at radius 3 is 2.62 bits per heavy atom. The van der Waals surface area contributed by atoms with E-state index in [4.69, 9.17) is 11.6 Å². The fourth-order valence-electron chi connectivity index (χ4n) is 3.20. The molecule has 0 amide bonds. The highest BCUT2D eigenvalue weighted by Gasteiger charge is 2.12. The van der Waals surface area contributed by atoms with Crippen LogP contribution in [-0.2, 0) is 0 Å². The number of piperazine rings is 1. The molecule has 6 heteroatoms. The molecule has 1 aliphatic rings. The van der Waals surface area contributed by atoms with Crippen molar-refractivity contribution in [2.45, 2.75) is 13.3 Å². The lowest BCUT2D eigenvalue weighted by atomic mass is 10.2. The van der Waals surface area contributed by atoms with Gasteiger partial charge >= 0.3 is 0 Å². The number of hydrogen-bond donors (Lipinski definition) is 1. The molecule has 26 heavy (non-hydrogen) atoms. The molecule has 0 spiro atoms. The van der Waals surface area contributed by atoms with Gasteiger partial charge in [-0.1, -0.05) is 17.7 Å². The monoisotopic (exact) mass is 374 g/mol. The van der Waals surface area contributed by atoms with Crippen LogP contribution in [0.1, 0.15) is 12.0 Å². The summed E-state index contributed by atoms with van der Waals surface area (Å²) in [4.78, 5) is 17.0. The van der Waals surface area contributed by atoms with Crippen molar-refractivity contribution in [3.05, 3.63) is 57.5 Å². The van der Waals surface area contributed by atoms with Gasteiger partial charge in [-0.05, 0) is 50.7 Å². The van der Waals surface area contributed by atoms with Crippen LogP contribution in [0.15, 0.2) is 41.3 Å². The van der Waals surface area contributed by atoms with Crippen molar-refractivity contribution in [1.29, 1.82) is 0 Å². The summed E-state index contributed by atoms with van der Waals surface area (Å²) >= 11 is 6.42. The molecule has 140 valence electrons. The molecule has 1 N–H and O–H groups in total. The summed E-state index contributed by atoms with van der Waals surface area (Å²) in [6.45, 7) is 8.61. The van der Waals surface area contributed by atoms with Gasteiger partial charge in [0.2, 0.25) is 0 Å². The van der Waals surface area contributed by atoms with Crippen LogP contribution < -0.4 is 10.9 Å². The Morgan fingerprint density at radius 1 is 1.12 bits per heavy atom.